The van der Waals surface area contributed by atoms with E-state index in [-0.39, 0.29) is 24.7 Å². The Morgan fingerprint density at radius 1 is 1.42 bits per heavy atom. The largest absolute Gasteiger partial charge is 0.383 e. The van der Waals surface area contributed by atoms with Gasteiger partial charge in [0.25, 0.3) is 5.69 Å². The average Bonchev–Trinajstić information content (AvgIpc) is 2.39. The molecule has 0 saturated carbocycles. The molecule has 2 N–H and O–H groups in total. The van der Waals surface area contributed by atoms with Crippen LogP contribution in [0.5, 0.6) is 0 Å². The van der Waals surface area contributed by atoms with Crippen molar-refractivity contribution in [1.29, 1.82) is 0 Å². The fraction of sp³-hybridized carbons (Fsp3) is 0.417. The number of rotatable bonds is 8. The molecule has 0 aliphatic carbocycles. The number of carbonyl (C=O) groups is 1. The van der Waals surface area contributed by atoms with Gasteiger partial charge in [-0.05, 0) is 0 Å². The van der Waals surface area contributed by atoms with Gasteiger partial charge < -0.3 is 15.4 Å². The van der Waals surface area contributed by atoms with Crippen molar-refractivity contribution in [1.82, 2.24) is 10.6 Å². The highest BCUT2D eigenvalue weighted by atomic mass is 16.6. The molecule has 1 amide bonds. The van der Waals surface area contributed by atoms with Crippen molar-refractivity contribution in [2.24, 2.45) is 0 Å². The van der Waals surface area contributed by atoms with Crippen LogP contribution < -0.4 is 10.6 Å². The van der Waals surface area contributed by atoms with E-state index in [9.17, 15) is 14.9 Å². The van der Waals surface area contributed by atoms with Gasteiger partial charge in [0.1, 0.15) is 0 Å². The van der Waals surface area contributed by atoms with Gasteiger partial charge in [-0.25, -0.2) is 0 Å². The van der Waals surface area contributed by atoms with E-state index in [0.717, 1.165) is 0 Å². The van der Waals surface area contributed by atoms with Crippen LogP contribution in [-0.2, 0) is 16.1 Å². The molecule has 0 aliphatic heterocycles. The van der Waals surface area contributed by atoms with Crippen LogP contribution in [0.1, 0.15) is 5.56 Å². The van der Waals surface area contributed by atoms with E-state index in [1.165, 1.54) is 6.07 Å². The first-order chi connectivity index (χ1) is 9.15. The molecular weight excluding hydrogens is 250 g/mol. The number of nitrogens with zero attached hydrogens (tertiary/aromatic N) is 1. The summed E-state index contributed by atoms with van der Waals surface area (Å²) in [6.45, 7) is 1.28. The molecule has 7 nitrogen and oxygen atoms in total. The Bertz CT molecular complexity index is 437. The second-order valence-electron chi connectivity index (χ2n) is 3.83. The number of methoxy groups -OCH3 is 1. The highest BCUT2D eigenvalue weighted by molar-refractivity contribution is 5.77. The molecule has 0 saturated heterocycles. The summed E-state index contributed by atoms with van der Waals surface area (Å²) in [6, 6.07) is 6.44. The molecular formula is C12H17N3O4. The lowest BCUT2D eigenvalue weighted by atomic mass is 10.2. The second-order valence-corrected chi connectivity index (χ2v) is 3.83. The molecule has 0 aromatic heterocycles. The third-order valence-corrected chi connectivity index (χ3v) is 2.42. The smallest absolute Gasteiger partial charge is 0.273 e. The third kappa shape index (κ3) is 5.45. The predicted octanol–water partition coefficient (Wildman–Crippen LogP) is 0.447. The van der Waals surface area contributed by atoms with E-state index in [4.69, 9.17) is 4.74 Å². The molecule has 0 atom stereocenters. The minimum Gasteiger partial charge on any atom is -0.383 e. The maximum Gasteiger partial charge on any atom is 0.273 e. The third-order valence-electron chi connectivity index (χ3n) is 2.42. The number of para-hydroxylation sites is 1. The van der Waals surface area contributed by atoms with Crippen LogP contribution in [0.25, 0.3) is 0 Å². The summed E-state index contributed by atoms with van der Waals surface area (Å²) in [7, 11) is 1.55. The molecule has 0 aliphatic rings. The first-order valence-electron chi connectivity index (χ1n) is 5.83. The lowest BCUT2D eigenvalue weighted by Crippen LogP contribution is -2.35. The lowest BCUT2D eigenvalue weighted by Gasteiger charge is -2.06. The van der Waals surface area contributed by atoms with Gasteiger partial charge in [0.15, 0.2) is 0 Å². The summed E-state index contributed by atoms with van der Waals surface area (Å²) in [5, 5.41) is 16.3. The zero-order chi connectivity index (χ0) is 14.1. The number of carbonyl (C=O) groups excluding carboxylic acids is 1. The van der Waals surface area contributed by atoms with E-state index >= 15 is 0 Å². The van der Waals surface area contributed by atoms with E-state index in [1.807, 2.05) is 0 Å². The van der Waals surface area contributed by atoms with Gasteiger partial charge in [0.05, 0.1) is 18.1 Å². The van der Waals surface area contributed by atoms with Crippen LogP contribution in [0, 0.1) is 10.1 Å². The van der Waals surface area contributed by atoms with Crippen molar-refractivity contribution in [3.63, 3.8) is 0 Å². The van der Waals surface area contributed by atoms with Gasteiger partial charge >= 0.3 is 0 Å². The van der Waals surface area contributed by atoms with Crippen molar-refractivity contribution in [3.05, 3.63) is 39.9 Å². The van der Waals surface area contributed by atoms with E-state index in [1.54, 1.807) is 25.3 Å². The highest BCUT2D eigenvalue weighted by Crippen LogP contribution is 2.16. The Morgan fingerprint density at radius 2 is 2.16 bits per heavy atom. The predicted molar refractivity (Wildman–Crippen MR) is 69.7 cm³/mol. The summed E-state index contributed by atoms with van der Waals surface area (Å²) in [4.78, 5) is 21.7. The standard InChI is InChI=1S/C12H17N3O4/c1-19-7-6-14-12(16)9-13-8-10-4-2-3-5-11(10)15(17)18/h2-5,13H,6-9H2,1H3,(H,14,16). The van der Waals surface area contributed by atoms with Gasteiger partial charge in [0.2, 0.25) is 5.91 Å². The van der Waals surface area contributed by atoms with Crippen molar-refractivity contribution in [2.45, 2.75) is 6.54 Å². The molecule has 0 heterocycles. The van der Waals surface area contributed by atoms with Crippen LogP contribution in [0.2, 0.25) is 0 Å². The fourth-order valence-electron chi connectivity index (χ4n) is 1.50. The number of nitro groups is 1. The molecule has 0 bridgehead atoms. The summed E-state index contributed by atoms with van der Waals surface area (Å²) >= 11 is 0. The summed E-state index contributed by atoms with van der Waals surface area (Å²) in [5.41, 5.74) is 0.604. The Hall–Kier alpha value is -1.99. The number of amides is 1. The molecule has 0 unspecified atom stereocenters. The van der Waals surface area contributed by atoms with Crippen molar-refractivity contribution in [2.75, 3.05) is 26.8 Å². The molecule has 0 radical (unpaired) electrons. The Labute approximate surface area is 111 Å². The van der Waals surface area contributed by atoms with Crippen molar-refractivity contribution < 1.29 is 14.5 Å². The number of nitrogens with one attached hydrogen (secondary N) is 2. The maximum absolute atomic E-state index is 11.4. The van der Waals surface area contributed by atoms with Gasteiger partial charge in [0, 0.05) is 31.8 Å². The minimum atomic E-state index is -0.435. The Kier molecular flexibility index (Phi) is 6.48. The quantitative estimate of drug-likeness (QED) is 0.405. The summed E-state index contributed by atoms with van der Waals surface area (Å²) in [5.74, 6) is -0.171. The SMILES string of the molecule is COCCNC(=O)CNCc1ccccc1[N+](=O)[O-]. The topological polar surface area (TPSA) is 93.5 Å². The van der Waals surface area contributed by atoms with Crippen molar-refractivity contribution in [3.8, 4) is 0 Å². The molecule has 19 heavy (non-hydrogen) atoms. The highest BCUT2D eigenvalue weighted by Gasteiger charge is 2.11. The summed E-state index contributed by atoms with van der Waals surface area (Å²) in [6.07, 6.45) is 0. The van der Waals surface area contributed by atoms with Gasteiger partial charge in [-0.1, -0.05) is 18.2 Å². The van der Waals surface area contributed by atoms with Crippen molar-refractivity contribution >= 4 is 11.6 Å². The van der Waals surface area contributed by atoms with Crippen LogP contribution in [0.15, 0.2) is 24.3 Å². The first kappa shape index (κ1) is 15.1. The molecule has 104 valence electrons. The number of nitro benzene ring substituents is 1. The van der Waals surface area contributed by atoms with Crippen LogP contribution in [0.3, 0.4) is 0 Å². The maximum atomic E-state index is 11.4. The van der Waals surface area contributed by atoms with E-state index in [0.29, 0.717) is 18.7 Å². The molecule has 1 rings (SSSR count). The van der Waals surface area contributed by atoms with Crippen LogP contribution >= 0.6 is 0 Å². The lowest BCUT2D eigenvalue weighted by molar-refractivity contribution is -0.385. The van der Waals surface area contributed by atoms with E-state index < -0.39 is 4.92 Å². The molecule has 7 heteroatoms. The average molecular weight is 267 g/mol. The molecule has 0 fully saturated rings. The zero-order valence-corrected chi connectivity index (χ0v) is 10.7. The molecule has 0 spiro atoms. The van der Waals surface area contributed by atoms with E-state index in [2.05, 4.69) is 10.6 Å². The number of hydrogen-bond acceptors (Lipinski definition) is 5. The zero-order valence-electron chi connectivity index (χ0n) is 10.7. The fourth-order valence-corrected chi connectivity index (χ4v) is 1.50. The summed E-state index contributed by atoms with van der Waals surface area (Å²) < 4.78 is 4.80. The van der Waals surface area contributed by atoms with Gasteiger partial charge in [-0.2, -0.15) is 0 Å². The number of benzene rings is 1. The molecule has 1 aromatic carbocycles. The monoisotopic (exact) mass is 267 g/mol. The normalized spacial score (nSPS) is 10.2. The molecule has 1 aromatic rings. The Balaban J connectivity index is 2.37. The van der Waals surface area contributed by atoms with Gasteiger partial charge in [-0.3, -0.25) is 14.9 Å². The van der Waals surface area contributed by atoms with Gasteiger partial charge in [-0.15, -0.1) is 0 Å². The Morgan fingerprint density at radius 3 is 2.84 bits per heavy atom. The van der Waals surface area contributed by atoms with Crippen LogP contribution in [-0.4, -0.2) is 37.6 Å². The van der Waals surface area contributed by atoms with Crippen LogP contribution in [0.4, 0.5) is 5.69 Å². The number of ether oxygens (including phenoxy) is 1. The minimum absolute atomic E-state index is 0.0507. The first-order valence-corrected chi connectivity index (χ1v) is 5.83. The second kappa shape index (κ2) is 8.17. The number of hydrogen-bond donors (Lipinski definition) is 2.